The lowest BCUT2D eigenvalue weighted by Gasteiger charge is -2.19. The van der Waals surface area contributed by atoms with Crippen LogP contribution in [-0.2, 0) is 4.57 Å². The van der Waals surface area contributed by atoms with E-state index in [4.69, 9.17) is 0 Å². The maximum atomic E-state index is 14.7. The third-order valence-corrected chi connectivity index (χ3v) is 8.37. The van der Waals surface area contributed by atoms with Crippen LogP contribution in [0.2, 0.25) is 0 Å². The summed E-state index contributed by atoms with van der Waals surface area (Å²) >= 11 is 0. The fraction of sp³-hybridized carbons (Fsp3) is 0.167. The summed E-state index contributed by atoms with van der Waals surface area (Å²) in [6.45, 7) is 2.21. The average molecular weight is 358 g/mol. The Morgan fingerprint density at radius 3 is 2.08 bits per heavy atom. The first-order valence-corrected chi connectivity index (χ1v) is 11.0. The Kier molecular flexibility index (Phi) is 4.66. The van der Waals surface area contributed by atoms with Crippen molar-refractivity contribution in [2.75, 3.05) is 0 Å². The summed E-state index contributed by atoms with van der Waals surface area (Å²) in [4.78, 5) is 0. The second-order valence-electron chi connectivity index (χ2n) is 6.76. The van der Waals surface area contributed by atoms with Crippen molar-refractivity contribution in [3.8, 4) is 0 Å². The maximum absolute atomic E-state index is 14.7. The lowest BCUT2D eigenvalue weighted by molar-refractivity contribution is 0.593. The van der Waals surface area contributed by atoms with Crippen LogP contribution < -0.4 is 10.6 Å². The van der Waals surface area contributed by atoms with E-state index in [0.717, 1.165) is 40.7 Å². The molecule has 1 unspecified atom stereocenters. The molecule has 1 aliphatic rings. The number of rotatable bonds is 5. The zero-order valence-electron chi connectivity index (χ0n) is 15.1. The van der Waals surface area contributed by atoms with Crippen molar-refractivity contribution in [1.29, 1.82) is 0 Å². The molecular weight excluding hydrogens is 335 g/mol. The van der Waals surface area contributed by atoms with Crippen LogP contribution in [0.4, 0.5) is 0 Å². The monoisotopic (exact) mass is 358 g/mol. The Hall–Kier alpha value is -2.37. The molecule has 0 aliphatic carbocycles. The van der Waals surface area contributed by atoms with Gasteiger partial charge in [-0.3, -0.25) is 0 Å². The third kappa shape index (κ3) is 2.68. The fourth-order valence-corrected chi connectivity index (χ4v) is 7.25. The summed E-state index contributed by atoms with van der Waals surface area (Å²) in [5, 5.41) is 2.97. The Morgan fingerprint density at radius 2 is 1.38 bits per heavy atom. The Labute approximate surface area is 155 Å². The summed E-state index contributed by atoms with van der Waals surface area (Å²) in [6.07, 6.45) is 3.20. The van der Waals surface area contributed by atoms with Crippen molar-refractivity contribution in [1.82, 2.24) is 0 Å². The van der Waals surface area contributed by atoms with Gasteiger partial charge in [-0.1, -0.05) is 98.3 Å². The van der Waals surface area contributed by atoms with E-state index < -0.39 is 7.14 Å². The van der Waals surface area contributed by atoms with Gasteiger partial charge in [0.05, 0.1) is 0 Å². The van der Waals surface area contributed by atoms with Crippen molar-refractivity contribution < 1.29 is 4.57 Å². The lowest BCUT2D eigenvalue weighted by Crippen LogP contribution is -2.15. The fourth-order valence-electron chi connectivity index (χ4n) is 3.91. The number of benzene rings is 3. The molecule has 0 aromatic heterocycles. The molecule has 1 nitrogen and oxygen atoms in total. The van der Waals surface area contributed by atoms with E-state index in [1.165, 1.54) is 11.1 Å². The standard InChI is InChI=1S/C24H23OP/c1-2-3-16-22-21-17-10-11-18-23(21)26(25,20-14-8-5-9-15-20)24(22)19-12-6-4-7-13-19/h4-15,17-18H,2-3,16H2,1H3. The second-order valence-corrected chi connectivity index (χ2v) is 9.42. The largest absolute Gasteiger partial charge is 0.309 e. The molecule has 0 bridgehead atoms. The zero-order valence-corrected chi connectivity index (χ0v) is 16.0. The Balaban J connectivity index is 2.05. The summed E-state index contributed by atoms with van der Waals surface area (Å²) in [5.74, 6) is 0. The van der Waals surface area contributed by atoms with Gasteiger partial charge >= 0.3 is 0 Å². The van der Waals surface area contributed by atoms with Crippen molar-refractivity contribution in [3.63, 3.8) is 0 Å². The highest BCUT2D eigenvalue weighted by Crippen LogP contribution is 2.64. The minimum atomic E-state index is -2.86. The predicted molar refractivity (Wildman–Crippen MR) is 113 cm³/mol. The van der Waals surface area contributed by atoms with Crippen molar-refractivity contribution in [2.24, 2.45) is 0 Å². The zero-order chi connectivity index (χ0) is 18.0. The van der Waals surface area contributed by atoms with Crippen molar-refractivity contribution in [3.05, 3.63) is 96.1 Å². The Morgan fingerprint density at radius 1 is 0.769 bits per heavy atom. The third-order valence-electron chi connectivity index (χ3n) is 5.12. The van der Waals surface area contributed by atoms with Crippen LogP contribution in [0.25, 0.3) is 10.9 Å². The first kappa shape index (κ1) is 17.1. The summed E-state index contributed by atoms with van der Waals surface area (Å²) in [7, 11) is -2.86. The highest BCUT2D eigenvalue weighted by molar-refractivity contribution is 7.88. The molecule has 130 valence electrons. The topological polar surface area (TPSA) is 17.1 Å². The molecule has 1 heterocycles. The summed E-state index contributed by atoms with van der Waals surface area (Å²) in [6, 6.07) is 28.6. The lowest BCUT2D eigenvalue weighted by atomic mass is 9.98. The van der Waals surface area contributed by atoms with Gasteiger partial charge in [0.25, 0.3) is 0 Å². The van der Waals surface area contributed by atoms with E-state index in [2.05, 4.69) is 37.3 Å². The van der Waals surface area contributed by atoms with Gasteiger partial charge in [-0.15, -0.1) is 0 Å². The predicted octanol–water partition coefficient (Wildman–Crippen LogP) is 6.07. The van der Waals surface area contributed by atoms with Crippen molar-refractivity contribution >= 4 is 28.6 Å². The van der Waals surface area contributed by atoms with Crippen LogP contribution >= 0.6 is 7.14 Å². The maximum Gasteiger partial charge on any atom is 0.172 e. The second kappa shape index (κ2) is 7.09. The summed E-state index contributed by atoms with van der Waals surface area (Å²) < 4.78 is 14.7. The smallest absolute Gasteiger partial charge is 0.172 e. The van der Waals surface area contributed by atoms with Crippen LogP contribution in [-0.4, -0.2) is 0 Å². The molecule has 0 saturated heterocycles. The number of hydrogen-bond donors (Lipinski definition) is 0. The molecule has 3 aromatic rings. The van der Waals surface area contributed by atoms with Gasteiger partial charge in [-0.05, 0) is 29.5 Å². The van der Waals surface area contributed by atoms with E-state index in [1.807, 2.05) is 54.6 Å². The molecule has 0 radical (unpaired) electrons. The molecule has 0 spiro atoms. The van der Waals surface area contributed by atoms with Crippen LogP contribution in [0.15, 0.2) is 84.9 Å². The van der Waals surface area contributed by atoms with Gasteiger partial charge in [0.15, 0.2) is 7.14 Å². The average Bonchev–Trinajstić information content (AvgIpc) is 2.97. The highest BCUT2D eigenvalue weighted by Gasteiger charge is 2.42. The van der Waals surface area contributed by atoms with E-state index in [-0.39, 0.29) is 0 Å². The molecule has 0 saturated carbocycles. The first-order valence-electron chi connectivity index (χ1n) is 9.31. The quantitative estimate of drug-likeness (QED) is 0.506. The van der Waals surface area contributed by atoms with Crippen LogP contribution in [0, 0.1) is 0 Å². The summed E-state index contributed by atoms with van der Waals surface area (Å²) in [5.41, 5.74) is 3.52. The van der Waals surface area contributed by atoms with E-state index >= 15 is 0 Å². The molecule has 4 rings (SSSR count). The molecule has 1 aliphatic heterocycles. The molecule has 0 N–H and O–H groups in total. The number of allylic oxidation sites excluding steroid dienone is 1. The SMILES string of the molecule is CCCCC1=C(c2ccccc2)P(=O)(c2ccccc2)c2ccccc21. The number of hydrogen-bond acceptors (Lipinski definition) is 1. The van der Waals surface area contributed by atoms with Crippen LogP contribution in [0.3, 0.4) is 0 Å². The number of unbranched alkanes of at least 4 members (excludes halogenated alkanes) is 1. The first-order chi connectivity index (χ1) is 12.8. The minimum absolute atomic E-state index is 0.929. The number of fused-ring (bicyclic) bond motifs is 1. The van der Waals surface area contributed by atoms with Gasteiger partial charge in [-0.25, -0.2) is 0 Å². The molecular formula is C24H23OP. The molecule has 26 heavy (non-hydrogen) atoms. The van der Waals surface area contributed by atoms with E-state index in [0.29, 0.717) is 0 Å². The Bertz CT molecular complexity index is 987. The normalized spacial score (nSPS) is 18.8. The van der Waals surface area contributed by atoms with Gasteiger partial charge in [0, 0.05) is 15.9 Å². The van der Waals surface area contributed by atoms with Crippen LogP contribution in [0.1, 0.15) is 37.3 Å². The van der Waals surface area contributed by atoms with Gasteiger partial charge in [-0.2, -0.15) is 0 Å². The van der Waals surface area contributed by atoms with Crippen molar-refractivity contribution in [2.45, 2.75) is 26.2 Å². The van der Waals surface area contributed by atoms with Gasteiger partial charge in [0.2, 0.25) is 0 Å². The molecule has 1 atom stereocenters. The van der Waals surface area contributed by atoms with Gasteiger partial charge in [0.1, 0.15) is 0 Å². The highest BCUT2D eigenvalue weighted by atomic mass is 31.2. The van der Waals surface area contributed by atoms with Gasteiger partial charge < -0.3 is 4.57 Å². The van der Waals surface area contributed by atoms with Crippen LogP contribution in [0.5, 0.6) is 0 Å². The minimum Gasteiger partial charge on any atom is -0.309 e. The molecule has 3 aromatic carbocycles. The molecule has 2 heteroatoms. The van der Waals surface area contributed by atoms with E-state index in [1.54, 1.807) is 0 Å². The molecule has 0 fully saturated rings. The molecule has 0 amide bonds. The van der Waals surface area contributed by atoms with E-state index in [9.17, 15) is 4.57 Å².